The summed E-state index contributed by atoms with van der Waals surface area (Å²) in [4.78, 5) is 14.2. The van der Waals surface area contributed by atoms with Crippen molar-refractivity contribution < 1.29 is 23.4 Å². The number of amides is 1. The summed E-state index contributed by atoms with van der Waals surface area (Å²) in [7, 11) is 4.17. The van der Waals surface area contributed by atoms with Gasteiger partial charge in [-0.05, 0) is 26.8 Å². The number of nitrogens with zero attached hydrogens (tertiary/aromatic N) is 1. The predicted molar refractivity (Wildman–Crippen MR) is 111 cm³/mol. The fourth-order valence-electron chi connectivity index (χ4n) is 3.99. The van der Waals surface area contributed by atoms with Gasteiger partial charge in [0.1, 0.15) is 27.2 Å². The molecule has 148 valence electrons. The monoisotopic (exact) mass is 410 g/mol. The molecular formula is C21H22BNO5P+. The topological polar surface area (TPSA) is 65.1 Å². The smallest absolute Gasteiger partial charge is 0.448 e. The van der Waals surface area contributed by atoms with Gasteiger partial charge in [-0.3, -0.25) is 0 Å². The molecule has 2 aromatic rings. The zero-order chi connectivity index (χ0) is 20.4. The van der Waals surface area contributed by atoms with E-state index in [0.717, 1.165) is 0 Å². The largest absolute Gasteiger partial charge is 0.504 e. The maximum atomic E-state index is 12.7. The molecule has 8 heteroatoms. The Hall–Kier alpha value is -2.21. The number of ether oxygens (including phenoxy) is 2. The first-order valence-electron chi connectivity index (χ1n) is 9.57. The summed E-state index contributed by atoms with van der Waals surface area (Å²) < 4.78 is 27.5. The van der Waals surface area contributed by atoms with Gasteiger partial charge in [0.2, 0.25) is 0 Å². The molecule has 4 rings (SSSR count). The lowest BCUT2D eigenvalue weighted by molar-refractivity contribution is -0.0620. The maximum Gasteiger partial charge on any atom is 0.504 e. The predicted octanol–water partition coefficient (Wildman–Crippen LogP) is 3.52. The number of hydrogen-bond acceptors (Lipinski definition) is 5. The van der Waals surface area contributed by atoms with Crippen LogP contribution in [0.3, 0.4) is 0 Å². The molecular weight excluding hydrogens is 388 g/mol. The summed E-state index contributed by atoms with van der Waals surface area (Å²) in [5.74, 6) is 0.00399. The summed E-state index contributed by atoms with van der Waals surface area (Å²) in [5.41, 5.74) is 4.70. The first-order chi connectivity index (χ1) is 14.0. The Labute approximate surface area is 172 Å². The summed E-state index contributed by atoms with van der Waals surface area (Å²) in [6, 6.07) is 15.8. The third-order valence-electron chi connectivity index (χ3n) is 5.23. The van der Waals surface area contributed by atoms with Gasteiger partial charge in [-0.1, -0.05) is 48.5 Å². The van der Waals surface area contributed by atoms with Crippen LogP contribution < -0.4 is 0 Å². The number of carbonyl (C=O) groups excluding carboxylic acids is 1. The summed E-state index contributed by atoms with van der Waals surface area (Å²) in [6.07, 6.45) is -0.866. The quantitative estimate of drug-likeness (QED) is 0.558. The Balaban J connectivity index is 1.42. The normalized spacial score (nSPS) is 21.4. The minimum Gasteiger partial charge on any atom is -0.448 e. The zero-order valence-electron chi connectivity index (χ0n) is 16.2. The van der Waals surface area contributed by atoms with E-state index < -0.39 is 26.2 Å². The highest BCUT2D eigenvalue weighted by molar-refractivity contribution is 7.38. The van der Waals surface area contributed by atoms with Crippen molar-refractivity contribution in [3.63, 3.8) is 0 Å². The summed E-state index contributed by atoms with van der Waals surface area (Å²) in [6.45, 7) is 2.37. The highest BCUT2D eigenvalue weighted by Gasteiger charge is 2.33. The van der Waals surface area contributed by atoms with E-state index in [2.05, 4.69) is 24.3 Å². The second kappa shape index (κ2) is 8.66. The highest BCUT2D eigenvalue weighted by atomic mass is 31.1. The average Bonchev–Trinajstić information content (AvgIpc) is 3.04. The summed E-state index contributed by atoms with van der Waals surface area (Å²) in [5, 5.41) is 0. The highest BCUT2D eigenvalue weighted by Crippen LogP contribution is 2.44. The molecule has 6 nitrogen and oxygen atoms in total. The van der Waals surface area contributed by atoms with Crippen molar-refractivity contribution in [2.75, 3.05) is 33.0 Å². The van der Waals surface area contributed by atoms with Crippen molar-refractivity contribution in [3.05, 3.63) is 59.7 Å². The number of morpholine rings is 1. The Morgan fingerprint density at radius 2 is 1.72 bits per heavy atom. The minimum absolute atomic E-state index is 0.00399. The van der Waals surface area contributed by atoms with Crippen LogP contribution in [0.4, 0.5) is 4.79 Å². The van der Waals surface area contributed by atoms with E-state index in [4.69, 9.17) is 21.8 Å². The maximum absolute atomic E-state index is 12.7. The van der Waals surface area contributed by atoms with E-state index >= 15 is 0 Å². The molecule has 0 bridgehead atoms. The second-order valence-corrected chi connectivity index (χ2v) is 8.38. The molecule has 3 unspecified atom stereocenters. The molecule has 0 saturated carbocycles. The molecule has 2 radical (unpaired) electrons. The third-order valence-corrected chi connectivity index (χ3v) is 5.74. The van der Waals surface area contributed by atoms with E-state index in [1.807, 2.05) is 24.3 Å². The van der Waals surface area contributed by atoms with Gasteiger partial charge in [-0.2, -0.15) is 0 Å². The lowest BCUT2D eigenvalue weighted by Crippen LogP contribution is -2.51. The first-order valence-corrected chi connectivity index (χ1v) is 11.2. The van der Waals surface area contributed by atoms with E-state index in [-0.39, 0.29) is 32.2 Å². The number of hydrogen-bond donors (Lipinski definition) is 0. The molecule has 29 heavy (non-hydrogen) atoms. The van der Waals surface area contributed by atoms with Gasteiger partial charge in [0.05, 0.1) is 6.54 Å². The molecule has 3 atom stereocenters. The van der Waals surface area contributed by atoms with Crippen LogP contribution in [-0.4, -0.2) is 63.9 Å². The molecule has 1 amide bonds. The molecule has 2 aromatic carbocycles. The number of fused-ring (bicyclic) bond motifs is 3. The van der Waals surface area contributed by atoms with Crippen molar-refractivity contribution in [2.24, 2.45) is 0 Å². The van der Waals surface area contributed by atoms with Gasteiger partial charge >= 0.3 is 14.1 Å². The average molecular weight is 410 g/mol. The van der Waals surface area contributed by atoms with Crippen LogP contribution >= 0.6 is 8.03 Å². The standard InChI is InChI=1S/C21H22BNO5P/c1-29(25)27-12-14-10-23(11-20(22)28-14)21(24)26-13-19-17-8-4-2-6-15(17)16-7-3-5-9-18(16)19/h2-9,14,19-20H,10-13H2,1H3/q+1. The minimum atomic E-state index is -1.74. The molecule has 1 saturated heterocycles. The van der Waals surface area contributed by atoms with Gasteiger partial charge < -0.3 is 14.4 Å². The Morgan fingerprint density at radius 1 is 1.10 bits per heavy atom. The fourth-order valence-corrected chi connectivity index (χ4v) is 4.36. The molecule has 1 fully saturated rings. The van der Waals surface area contributed by atoms with Crippen LogP contribution in [0.2, 0.25) is 0 Å². The zero-order valence-corrected chi connectivity index (χ0v) is 17.1. The van der Waals surface area contributed by atoms with Gasteiger partial charge in [0.25, 0.3) is 0 Å². The van der Waals surface area contributed by atoms with Crippen LogP contribution in [0.15, 0.2) is 48.5 Å². The van der Waals surface area contributed by atoms with E-state index in [0.29, 0.717) is 0 Å². The van der Waals surface area contributed by atoms with Gasteiger partial charge in [-0.25, -0.2) is 4.79 Å². The second-order valence-electron chi connectivity index (χ2n) is 7.24. The lowest BCUT2D eigenvalue weighted by atomic mass is 9.97. The molecule has 0 aromatic heterocycles. The van der Waals surface area contributed by atoms with Gasteiger partial charge in [0, 0.05) is 18.5 Å². The van der Waals surface area contributed by atoms with Crippen LogP contribution in [0.1, 0.15) is 17.0 Å². The number of carbonyl (C=O) groups is 1. The van der Waals surface area contributed by atoms with Crippen LogP contribution in [0.5, 0.6) is 0 Å². The van der Waals surface area contributed by atoms with Gasteiger partial charge in [0.15, 0.2) is 6.66 Å². The SMILES string of the molecule is [B]C1CN(C(=O)OCC2c3ccccc3-c3ccccc32)CC(CO[P+](C)=O)O1. The third kappa shape index (κ3) is 4.37. The Bertz CT molecular complexity index is 878. The first kappa shape index (κ1) is 20.1. The molecule has 0 N–H and O–H groups in total. The van der Waals surface area contributed by atoms with E-state index in [1.54, 1.807) is 0 Å². The lowest BCUT2D eigenvalue weighted by Gasteiger charge is -2.35. The van der Waals surface area contributed by atoms with Crippen LogP contribution in [0.25, 0.3) is 11.1 Å². The van der Waals surface area contributed by atoms with E-state index in [1.165, 1.54) is 33.8 Å². The molecule has 1 aliphatic heterocycles. The van der Waals surface area contributed by atoms with Crippen molar-refractivity contribution in [3.8, 4) is 11.1 Å². The summed E-state index contributed by atoms with van der Waals surface area (Å²) >= 11 is 0. The van der Waals surface area contributed by atoms with Crippen molar-refractivity contribution in [1.29, 1.82) is 0 Å². The molecule has 0 spiro atoms. The van der Waals surface area contributed by atoms with Crippen molar-refractivity contribution >= 4 is 22.0 Å². The van der Waals surface area contributed by atoms with Crippen LogP contribution in [0, 0.1) is 0 Å². The molecule has 1 aliphatic carbocycles. The van der Waals surface area contributed by atoms with Crippen molar-refractivity contribution in [1.82, 2.24) is 4.90 Å². The number of benzene rings is 2. The Kier molecular flexibility index (Phi) is 6.00. The van der Waals surface area contributed by atoms with Gasteiger partial charge in [-0.15, -0.1) is 4.52 Å². The fraction of sp³-hybridized carbons (Fsp3) is 0.381. The number of rotatable bonds is 5. The van der Waals surface area contributed by atoms with E-state index in [9.17, 15) is 9.36 Å². The Morgan fingerprint density at radius 3 is 2.34 bits per heavy atom. The van der Waals surface area contributed by atoms with Crippen LogP contribution in [-0.2, 0) is 18.6 Å². The molecule has 1 heterocycles. The van der Waals surface area contributed by atoms with Crippen molar-refractivity contribution in [2.45, 2.75) is 18.0 Å². The molecule has 2 aliphatic rings.